The summed E-state index contributed by atoms with van der Waals surface area (Å²) >= 11 is 0. The molecule has 8 heteroatoms. The lowest BCUT2D eigenvalue weighted by Crippen LogP contribution is -2.03. The van der Waals surface area contributed by atoms with Gasteiger partial charge in [0.2, 0.25) is 13.9 Å². The second-order valence-electron chi connectivity index (χ2n) is 11.8. The number of rotatable bonds is 18. The average Bonchev–Trinajstić information content (AvgIpc) is 3.17. The predicted octanol–water partition coefficient (Wildman–Crippen LogP) is 12.7. The van der Waals surface area contributed by atoms with Crippen LogP contribution in [0.5, 0.6) is 0 Å². The van der Waals surface area contributed by atoms with E-state index >= 15 is 0 Å². The van der Waals surface area contributed by atoms with E-state index in [1.54, 1.807) is 0 Å². The molecule has 52 heavy (non-hydrogen) atoms. The van der Waals surface area contributed by atoms with Crippen LogP contribution in [0, 0.1) is 0 Å². The molecule has 0 unspecified atom stereocenters. The van der Waals surface area contributed by atoms with Crippen molar-refractivity contribution in [3.63, 3.8) is 0 Å². The van der Waals surface area contributed by atoms with Crippen LogP contribution in [0.3, 0.4) is 0 Å². The zero-order valence-electron chi connectivity index (χ0n) is 30.2. The van der Waals surface area contributed by atoms with Gasteiger partial charge in [-0.3, -0.25) is 9.36 Å². The molecule has 0 N–H and O–H groups in total. The summed E-state index contributed by atoms with van der Waals surface area (Å²) in [7, 11) is -4.80. The van der Waals surface area contributed by atoms with Crippen LogP contribution in [0.4, 0.5) is 0 Å². The monoisotopic (exact) mass is 732 g/mol. The Kier molecular flexibility index (Phi) is 14.6. The largest absolute Gasteiger partial charge is 0.335 e. The first-order valence-corrected chi connectivity index (χ1v) is 20.6. The molecule has 0 aromatic heterocycles. The molecule has 0 aliphatic rings. The zero-order chi connectivity index (χ0) is 36.8. The Bertz CT molecular complexity index is 1970. The van der Waals surface area contributed by atoms with Crippen LogP contribution in [0.1, 0.15) is 65.9 Å². The minimum atomic E-state index is -3.18. The third-order valence-corrected chi connectivity index (χ3v) is 11.8. The number of carbonyl (C=O) groups is 1. The summed E-state index contributed by atoms with van der Waals surface area (Å²) in [4.78, 5) is 13.0. The summed E-state index contributed by atoms with van der Waals surface area (Å²) in [5, 5.41) is 0. The van der Waals surface area contributed by atoms with E-state index in [1.165, 1.54) is 11.1 Å². The number of carbonyl (C=O) groups excluding carboxylic acids is 1. The van der Waals surface area contributed by atoms with Gasteiger partial charge in [0.05, 0.1) is 32.6 Å². The van der Waals surface area contributed by atoms with Crippen molar-refractivity contribution in [2.45, 2.75) is 33.9 Å². The van der Waals surface area contributed by atoms with Gasteiger partial charge in [-0.2, -0.15) is 0 Å². The molecule has 0 heterocycles. The van der Waals surface area contributed by atoms with Gasteiger partial charge in [0.25, 0.3) is 0 Å². The van der Waals surface area contributed by atoms with Crippen molar-refractivity contribution in [2.75, 3.05) is 26.4 Å². The molecule has 0 amide bonds. The predicted molar refractivity (Wildman–Crippen MR) is 217 cm³/mol. The summed E-state index contributed by atoms with van der Waals surface area (Å²) in [6.07, 6.45) is 8.57. The van der Waals surface area contributed by atoms with Gasteiger partial charge in [-0.25, -0.2) is 0 Å². The maximum Gasteiger partial charge on any atom is 0.335 e. The van der Waals surface area contributed by atoms with Crippen LogP contribution in [-0.2, 0) is 28.8 Å². The summed E-state index contributed by atoms with van der Waals surface area (Å²) in [6.45, 7) is 8.86. The first-order valence-electron chi connectivity index (χ1n) is 17.7. The Morgan fingerprint density at radius 1 is 0.558 bits per heavy atom. The van der Waals surface area contributed by atoms with Crippen molar-refractivity contribution < 1.29 is 27.5 Å². The Hall–Kier alpha value is -4.25. The van der Waals surface area contributed by atoms with Gasteiger partial charge < -0.3 is 18.1 Å². The molecule has 0 radical (unpaired) electrons. The van der Waals surface area contributed by atoms with Gasteiger partial charge in [0, 0.05) is 5.56 Å². The molecule has 0 saturated carbocycles. The summed E-state index contributed by atoms with van der Waals surface area (Å²) in [5.74, 6) is 0. The molecule has 0 aliphatic heterocycles. The molecular weight excluding hydrogens is 686 g/mol. The fourth-order valence-corrected chi connectivity index (χ4v) is 8.46. The summed E-state index contributed by atoms with van der Waals surface area (Å²) in [6, 6.07) is 41.0. The van der Waals surface area contributed by atoms with Gasteiger partial charge >= 0.3 is 7.60 Å². The lowest BCUT2D eigenvalue weighted by atomic mass is 9.96. The maximum atomic E-state index is 13.0. The van der Waals surface area contributed by atoms with E-state index in [4.69, 9.17) is 18.1 Å². The normalized spacial score (nSPS) is 11.9. The quantitative estimate of drug-likeness (QED) is 0.0660. The molecule has 5 rings (SSSR count). The van der Waals surface area contributed by atoms with Gasteiger partial charge in [0.15, 0.2) is 0 Å². The highest BCUT2D eigenvalue weighted by molar-refractivity contribution is 7.66. The van der Waals surface area contributed by atoms with Crippen LogP contribution < -0.4 is 0 Å². The van der Waals surface area contributed by atoms with Crippen molar-refractivity contribution >= 4 is 45.8 Å². The highest BCUT2D eigenvalue weighted by Gasteiger charge is 2.24. The fraction of sp³-hybridized carbons (Fsp3) is 0.205. The van der Waals surface area contributed by atoms with E-state index in [0.717, 1.165) is 38.9 Å². The third kappa shape index (κ3) is 10.9. The minimum Gasteiger partial charge on any atom is -0.329 e. The van der Waals surface area contributed by atoms with E-state index in [2.05, 4.69) is 91.0 Å². The maximum absolute atomic E-state index is 13.0. The molecule has 0 bridgehead atoms. The molecule has 0 saturated heterocycles. The van der Waals surface area contributed by atoms with Crippen molar-refractivity contribution in [3.8, 4) is 22.3 Å². The Morgan fingerprint density at radius 2 is 1.06 bits per heavy atom. The Morgan fingerprint density at radius 3 is 1.62 bits per heavy atom. The Labute approximate surface area is 309 Å². The van der Waals surface area contributed by atoms with E-state index in [1.807, 2.05) is 82.3 Å². The highest BCUT2D eigenvalue weighted by Crippen LogP contribution is 2.51. The second-order valence-corrected chi connectivity index (χ2v) is 15.3. The fourth-order valence-electron chi connectivity index (χ4n) is 5.62. The zero-order valence-corrected chi connectivity index (χ0v) is 32.0. The molecule has 0 spiro atoms. The van der Waals surface area contributed by atoms with E-state index in [-0.39, 0.29) is 11.7 Å². The van der Waals surface area contributed by atoms with Crippen LogP contribution in [0.15, 0.2) is 121 Å². The number of benzene rings is 5. The molecular formula is C44H46O6P2. The molecule has 0 fully saturated rings. The van der Waals surface area contributed by atoms with Gasteiger partial charge in [-0.05, 0) is 83.8 Å². The molecule has 5 aromatic rings. The standard InChI is InChI=1S/C44H46O6P2/c1-5-47-51(48-6-2)44(45)41-23-19-35(20-24-41)21-25-42-32-43(40-28-26-38(27-29-40)37-12-10-9-11-13-37)31-30-39(42)22-18-34-14-16-36(17-15-34)33-52(46,49-7-3)50-8-4/h9-32H,5-8,33H2,1-4H3. The average molecular weight is 733 g/mol. The van der Waals surface area contributed by atoms with E-state index in [0.29, 0.717) is 32.0 Å². The lowest BCUT2D eigenvalue weighted by Gasteiger charge is -2.16. The first-order chi connectivity index (χ1) is 25.3. The summed E-state index contributed by atoms with van der Waals surface area (Å²) < 4.78 is 35.1. The van der Waals surface area contributed by atoms with E-state index in [9.17, 15) is 9.36 Å². The SMILES string of the molecule is CCOP(OCC)C(=O)c1ccc(C=Cc2cc(-c3ccc(-c4ccccc4)cc3)ccc2C=Cc2ccc(CP(=O)(OCC)OCC)cc2)cc1. The number of hydrogen-bond acceptors (Lipinski definition) is 6. The lowest BCUT2D eigenvalue weighted by molar-refractivity contribution is 0.104. The van der Waals surface area contributed by atoms with Crippen molar-refractivity contribution in [2.24, 2.45) is 0 Å². The molecule has 0 aliphatic carbocycles. The summed E-state index contributed by atoms with van der Waals surface area (Å²) in [5.41, 5.74) is 10.0. The molecule has 0 atom stereocenters. The minimum absolute atomic E-state index is 0.127. The van der Waals surface area contributed by atoms with Crippen LogP contribution >= 0.6 is 16.0 Å². The van der Waals surface area contributed by atoms with Crippen molar-refractivity contribution in [1.29, 1.82) is 0 Å². The smallest absolute Gasteiger partial charge is 0.329 e. The highest BCUT2D eigenvalue weighted by atomic mass is 31.2. The Balaban J connectivity index is 1.41. The molecule has 5 aromatic carbocycles. The number of hydrogen-bond donors (Lipinski definition) is 0. The van der Waals surface area contributed by atoms with Crippen LogP contribution in [0.2, 0.25) is 0 Å². The first kappa shape index (κ1) is 39.0. The van der Waals surface area contributed by atoms with Gasteiger partial charge in [-0.15, -0.1) is 0 Å². The molecule has 268 valence electrons. The van der Waals surface area contributed by atoms with Crippen molar-refractivity contribution in [1.82, 2.24) is 0 Å². The van der Waals surface area contributed by atoms with Crippen molar-refractivity contribution in [3.05, 3.63) is 155 Å². The van der Waals surface area contributed by atoms with Crippen LogP contribution in [0.25, 0.3) is 46.6 Å². The van der Waals surface area contributed by atoms with Gasteiger partial charge in [0.1, 0.15) is 0 Å². The third-order valence-electron chi connectivity index (χ3n) is 8.15. The van der Waals surface area contributed by atoms with E-state index < -0.39 is 16.0 Å². The molecule has 6 nitrogen and oxygen atoms in total. The van der Waals surface area contributed by atoms with Crippen LogP contribution in [-0.4, -0.2) is 32.0 Å². The topological polar surface area (TPSA) is 71.1 Å². The second kappa shape index (κ2) is 19.5. The van der Waals surface area contributed by atoms with Gasteiger partial charge in [-0.1, -0.05) is 140 Å².